The van der Waals surface area contributed by atoms with E-state index in [1.54, 1.807) is 0 Å². The summed E-state index contributed by atoms with van der Waals surface area (Å²) in [6.45, 7) is 16.6. The number of unbranched alkanes of at least 4 members (excludes halogenated alkanes) is 11. The number of benzene rings is 4. The van der Waals surface area contributed by atoms with Crippen LogP contribution in [-0.4, -0.2) is 4.70 Å². The fraction of sp³-hybridized carbons (Fsp3) is 0.444. The number of aryl methyl sites for hydroxylation is 2. The Kier molecular flexibility index (Phi) is 26.6. The molecule has 0 radical (unpaired) electrons. The Hall–Kier alpha value is -3.55. The molecule has 310 valence electrons. The number of rotatable bonds is 22. The van der Waals surface area contributed by atoms with E-state index in [9.17, 15) is 5.53 Å². The van der Waals surface area contributed by atoms with Crippen molar-refractivity contribution >= 4 is 11.4 Å². The van der Waals surface area contributed by atoms with E-state index in [0.717, 1.165) is 73.9 Å². The van der Waals surface area contributed by atoms with Crippen molar-refractivity contribution in [2.24, 2.45) is 0 Å². The van der Waals surface area contributed by atoms with Crippen molar-refractivity contribution in [1.82, 2.24) is 0 Å². The van der Waals surface area contributed by atoms with Gasteiger partial charge in [0, 0.05) is 22.3 Å². The van der Waals surface area contributed by atoms with E-state index in [1.807, 2.05) is 36.4 Å². The van der Waals surface area contributed by atoms with Crippen LogP contribution in [0, 0.1) is 13.8 Å². The van der Waals surface area contributed by atoms with Crippen LogP contribution in [0.4, 0.5) is 0 Å². The second kappa shape index (κ2) is 30.5. The average Bonchev–Trinajstić information content (AvgIpc) is 3.54. The van der Waals surface area contributed by atoms with Gasteiger partial charge in [-0.05, 0) is 80.3 Å². The molecular formula is C54H74N2Ni. The monoisotopic (exact) mass is 809 g/mol. The third kappa shape index (κ3) is 17.9. The molecule has 4 aromatic carbocycles. The Balaban J connectivity index is 0.000000541. The van der Waals surface area contributed by atoms with Crippen LogP contribution in [0.1, 0.15) is 164 Å². The first-order chi connectivity index (χ1) is 27.5. The summed E-state index contributed by atoms with van der Waals surface area (Å²) < 4.78 is 1.54. The van der Waals surface area contributed by atoms with Crippen LogP contribution in [0.2, 0.25) is 0 Å². The summed E-state index contributed by atoms with van der Waals surface area (Å²) in [5.41, 5.74) is 24.1. The summed E-state index contributed by atoms with van der Waals surface area (Å²) >= 11 is 0. The zero-order chi connectivity index (χ0) is 40.2. The Bertz CT molecular complexity index is 1680. The van der Waals surface area contributed by atoms with Gasteiger partial charge in [0.15, 0.2) is 0 Å². The number of allylic oxidation sites excluding steroid dienone is 2. The molecule has 0 unspecified atom stereocenters. The maximum atomic E-state index is 11.8. The van der Waals surface area contributed by atoms with Gasteiger partial charge in [0.05, 0.1) is 0 Å². The summed E-state index contributed by atoms with van der Waals surface area (Å²) in [6.07, 6.45) is 24.0. The molecule has 0 N–H and O–H groups in total. The molecule has 2 nitrogen and oxygen atoms in total. The Morgan fingerprint density at radius 1 is 0.421 bits per heavy atom. The molecule has 0 saturated carbocycles. The molecule has 0 fully saturated rings. The first-order valence-electron chi connectivity index (χ1n) is 22.3. The van der Waals surface area contributed by atoms with Crippen LogP contribution in [0.25, 0.3) is 16.9 Å². The molecule has 0 saturated heterocycles. The predicted molar refractivity (Wildman–Crippen MR) is 245 cm³/mol. The summed E-state index contributed by atoms with van der Waals surface area (Å²) in [7, 11) is 0. The fourth-order valence-corrected chi connectivity index (χ4v) is 7.51. The van der Waals surface area contributed by atoms with Gasteiger partial charge in [0.25, 0.3) is 0 Å². The number of hydrogen-bond donors (Lipinski definition) is 0. The van der Waals surface area contributed by atoms with Gasteiger partial charge in [-0.1, -0.05) is 194 Å². The minimum Gasteiger partial charge on any atom is -0.493 e. The van der Waals surface area contributed by atoms with Gasteiger partial charge in [-0.15, -0.1) is 0 Å². The Morgan fingerprint density at radius 3 is 1.19 bits per heavy atom. The minimum absolute atomic E-state index is 0. The second-order valence-corrected chi connectivity index (χ2v) is 15.3. The van der Waals surface area contributed by atoms with E-state index in [4.69, 9.17) is 0 Å². The maximum absolute atomic E-state index is 11.8. The Labute approximate surface area is 360 Å². The normalized spacial score (nSPS) is 12.1. The molecule has 0 spiro atoms. The van der Waals surface area contributed by atoms with Crippen LogP contribution in [-0.2, 0) is 42.2 Å². The summed E-state index contributed by atoms with van der Waals surface area (Å²) in [4.78, 5) is 0. The SMILES string of the molecule is CCCCCCCCc1cccc(C2=C(CC)C(CCCC)=C(c3cccc(CCCCCCCC)c3)[N+]2=[N-])c1.[CH2-]Cc1ccccc1.[CH2-]Cc1ccccc1.[Ni+2]. The van der Waals surface area contributed by atoms with E-state index >= 15 is 0 Å². The van der Waals surface area contributed by atoms with Gasteiger partial charge in [0.1, 0.15) is 0 Å². The van der Waals surface area contributed by atoms with Crippen LogP contribution < -0.4 is 0 Å². The van der Waals surface area contributed by atoms with Crippen LogP contribution in [0.3, 0.4) is 0 Å². The van der Waals surface area contributed by atoms with E-state index in [1.165, 1.54) is 115 Å². The second-order valence-electron chi connectivity index (χ2n) is 15.3. The van der Waals surface area contributed by atoms with E-state index in [-0.39, 0.29) is 16.5 Å². The van der Waals surface area contributed by atoms with Crippen molar-refractivity contribution in [2.45, 2.75) is 156 Å². The van der Waals surface area contributed by atoms with Crippen LogP contribution in [0.5, 0.6) is 0 Å². The van der Waals surface area contributed by atoms with Crippen molar-refractivity contribution in [3.63, 3.8) is 0 Å². The van der Waals surface area contributed by atoms with Gasteiger partial charge in [-0.25, -0.2) is 4.70 Å². The van der Waals surface area contributed by atoms with Gasteiger partial charge < -0.3 is 19.4 Å². The molecule has 0 aliphatic carbocycles. The molecule has 5 rings (SSSR count). The van der Waals surface area contributed by atoms with Gasteiger partial charge in [0.2, 0.25) is 11.4 Å². The molecule has 1 aliphatic heterocycles. The van der Waals surface area contributed by atoms with Gasteiger partial charge >= 0.3 is 16.5 Å². The van der Waals surface area contributed by atoms with Crippen molar-refractivity contribution in [2.75, 3.05) is 0 Å². The van der Waals surface area contributed by atoms with Crippen molar-refractivity contribution in [3.05, 3.63) is 173 Å². The Morgan fingerprint density at radius 2 is 0.807 bits per heavy atom. The molecule has 4 aromatic rings. The number of hydrogen-bond acceptors (Lipinski definition) is 0. The topological polar surface area (TPSA) is 25.3 Å². The molecule has 0 aromatic heterocycles. The zero-order valence-electron chi connectivity index (χ0n) is 36.2. The minimum atomic E-state index is 0. The van der Waals surface area contributed by atoms with E-state index in [0.29, 0.717) is 0 Å². The van der Waals surface area contributed by atoms with Gasteiger partial charge in [-0.2, -0.15) is 12.8 Å². The average molecular weight is 810 g/mol. The van der Waals surface area contributed by atoms with Crippen LogP contribution >= 0.6 is 0 Å². The quantitative estimate of drug-likeness (QED) is 0.0327. The molecule has 0 amide bonds. The largest absolute Gasteiger partial charge is 2.00 e. The zero-order valence-corrected chi connectivity index (χ0v) is 37.1. The molecule has 1 aliphatic rings. The maximum Gasteiger partial charge on any atom is 2.00 e. The summed E-state index contributed by atoms with van der Waals surface area (Å²) in [6, 6.07) is 38.4. The standard InChI is InChI=1S/C38H56N2.2C8H9.Ni/c1-5-9-12-14-16-18-22-31-24-20-26-33(29-31)37-35(8-4)36(28-11-7-3)38(40(37)39)34-27-21-25-32(30-34)23-19-17-15-13-10-6-2;2*1-2-8-6-4-3-5-7-8;/h20-21,24-27,29-30H,5-19,22-23,28H2,1-4H3;2*3-7H,1-2H2;/q;2*-1;+2. The molecular weight excluding hydrogens is 735 g/mol. The van der Waals surface area contributed by atoms with Crippen molar-refractivity contribution in [1.29, 1.82) is 0 Å². The molecule has 3 heteroatoms. The molecule has 57 heavy (non-hydrogen) atoms. The van der Waals surface area contributed by atoms with Crippen molar-refractivity contribution in [3.8, 4) is 0 Å². The summed E-state index contributed by atoms with van der Waals surface area (Å²) in [5.74, 6) is 0. The summed E-state index contributed by atoms with van der Waals surface area (Å²) in [5, 5.41) is 0. The third-order valence-corrected chi connectivity index (χ3v) is 10.8. The van der Waals surface area contributed by atoms with Crippen molar-refractivity contribution < 1.29 is 21.2 Å². The third-order valence-electron chi connectivity index (χ3n) is 10.8. The predicted octanol–water partition coefficient (Wildman–Crippen LogP) is 16.4. The molecule has 0 atom stereocenters. The first kappa shape index (κ1) is 49.6. The van der Waals surface area contributed by atoms with Crippen LogP contribution in [0.15, 0.2) is 120 Å². The van der Waals surface area contributed by atoms with E-state index < -0.39 is 0 Å². The van der Waals surface area contributed by atoms with Gasteiger partial charge in [-0.3, -0.25) is 0 Å². The molecule has 1 heterocycles. The van der Waals surface area contributed by atoms with E-state index in [2.05, 4.69) is 114 Å². The smallest absolute Gasteiger partial charge is 0.493 e. The molecule has 0 bridgehead atoms. The number of nitrogens with zero attached hydrogens (tertiary/aromatic N) is 2. The first-order valence-corrected chi connectivity index (χ1v) is 22.3. The fourth-order valence-electron chi connectivity index (χ4n) is 7.51.